The molecular weight excluding hydrogens is 178 g/mol. The maximum absolute atomic E-state index is 11.2. The monoisotopic (exact) mass is 197 g/mol. The topological polar surface area (TPSA) is 44.4 Å². The minimum Gasteiger partial charge on any atom is -0.354 e. The number of piperazine rings is 1. The molecule has 14 heavy (non-hydrogen) atoms. The molecule has 2 fully saturated rings. The summed E-state index contributed by atoms with van der Waals surface area (Å²) in [5.74, 6) is 0.979. The van der Waals surface area contributed by atoms with E-state index in [4.69, 9.17) is 0 Å². The summed E-state index contributed by atoms with van der Waals surface area (Å²) < 4.78 is 0. The van der Waals surface area contributed by atoms with Gasteiger partial charge in [0, 0.05) is 19.6 Å². The molecule has 0 radical (unpaired) electrons. The van der Waals surface area contributed by atoms with Crippen LogP contribution in [0.1, 0.15) is 12.8 Å². The summed E-state index contributed by atoms with van der Waals surface area (Å²) in [5.41, 5.74) is 0. The molecule has 0 saturated carbocycles. The van der Waals surface area contributed by atoms with Crippen molar-refractivity contribution in [1.82, 2.24) is 15.5 Å². The predicted molar refractivity (Wildman–Crippen MR) is 55.0 cm³/mol. The van der Waals surface area contributed by atoms with Crippen molar-refractivity contribution in [3.8, 4) is 0 Å². The SMILES string of the molecule is O=C1CN(CC2CCNCC2)CCN1. The fraction of sp³-hybridized carbons (Fsp3) is 0.900. The van der Waals surface area contributed by atoms with E-state index in [1.54, 1.807) is 0 Å². The number of amides is 1. The average molecular weight is 197 g/mol. The zero-order valence-corrected chi connectivity index (χ0v) is 8.59. The van der Waals surface area contributed by atoms with Gasteiger partial charge in [-0.2, -0.15) is 0 Å². The molecule has 0 atom stereocenters. The second kappa shape index (κ2) is 4.75. The van der Waals surface area contributed by atoms with Gasteiger partial charge in [-0.15, -0.1) is 0 Å². The van der Waals surface area contributed by atoms with Crippen LogP contribution in [-0.2, 0) is 4.79 Å². The molecular formula is C10H19N3O. The molecule has 0 aromatic heterocycles. The molecule has 0 bridgehead atoms. The van der Waals surface area contributed by atoms with Gasteiger partial charge in [0.2, 0.25) is 5.91 Å². The number of nitrogens with zero attached hydrogens (tertiary/aromatic N) is 1. The molecule has 2 heterocycles. The van der Waals surface area contributed by atoms with Gasteiger partial charge in [-0.1, -0.05) is 0 Å². The van der Waals surface area contributed by atoms with E-state index >= 15 is 0 Å². The molecule has 2 saturated heterocycles. The number of nitrogens with one attached hydrogen (secondary N) is 2. The maximum atomic E-state index is 11.2. The lowest BCUT2D eigenvalue weighted by atomic mass is 9.97. The van der Waals surface area contributed by atoms with Gasteiger partial charge in [-0.25, -0.2) is 0 Å². The molecule has 2 aliphatic rings. The van der Waals surface area contributed by atoms with Gasteiger partial charge in [0.1, 0.15) is 0 Å². The van der Waals surface area contributed by atoms with Crippen molar-refractivity contribution >= 4 is 5.91 Å². The number of piperidine rings is 1. The Morgan fingerprint density at radius 2 is 2.07 bits per heavy atom. The zero-order valence-electron chi connectivity index (χ0n) is 8.59. The van der Waals surface area contributed by atoms with Crippen LogP contribution in [0.4, 0.5) is 0 Å². The molecule has 0 unspecified atom stereocenters. The summed E-state index contributed by atoms with van der Waals surface area (Å²) in [6.45, 7) is 5.84. The fourth-order valence-electron chi connectivity index (χ4n) is 2.28. The van der Waals surface area contributed by atoms with Crippen LogP contribution in [0.15, 0.2) is 0 Å². The van der Waals surface area contributed by atoms with E-state index < -0.39 is 0 Å². The zero-order chi connectivity index (χ0) is 9.80. The Morgan fingerprint density at radius 1 is 1.29 bits per heavy atom. The van der Waals surface area contributed by atoms with E-state index in [1.807, 2.05) is 0 Å². The molecule has 2 aliphatic heterocycles. The van der Waals surface area contributed by atoms with E-state index in [-0.39, 0.29) is 5.91 Å². The highest BCUT2D eigenvalue weighted by molar-refractivity contribution is 5.78. The smallest absolute Gasteiger partial charge is 0.234 e. The van der Waals surface area contributed by atoms with Crippen molar-refractivity contribution in [2.75, 3.05) is 39.3 Å². The summed E-state index contributed by atoms with van der Waals surface area (Å²) >= 11 is 0. The Hall–Kier alpha value is -0.610. The predicted octanol–water partition coefficient (Wildman–Crippen LogP) is -0.582. The van der Waals surface area contributed by atoms with Crippen LogP contribution >= 0.6 is 0 Å². The van der Waals surface area contributed by atoms with Gasteiger partial charge in [0.15, 0.2) is 0 Å². The fourth-order valence-corrected chi connectivity index (χ4v) is 2.28. The van der Waals surface area contributed by atoms with Crippen molar-refractivity contribution in [3.63, 3.8) is 0 Å². The third-order valence-electron chi connectivity index (χ3n) is 3.09. The standard InChI is InChI=1S/C10H19N3O/c14-10-8-13(6-5-12-10)7-9-1-3-11-4-2-9/h9,11H,1-8H2,(H,12,14). The number of rotatable bonds is 2. The van der Waals surface area contributed by atoms with E-state index in [0.717, 1.165) is 38.6 Å². The Morgan fingerprint density at radius 3 is 2.79 bits per heavy atom. The van der Waals surface area contributed by atoms with E-state index in [2.05, 4.69) is 15.5 Å². The average Bonchev–Trinajstić information content (AvgIpc) is 2.19. The van der Waals surface area contributed by atoms with Crippen molar-refractivity contribution in [2.45, 2.75) is 12.8 Å². The minimum atomic E-state index is 0.185. The Bertz CT molecular complexity index is 202. The highest BCUT2D eigenvalue weighted by atomic mass is 16.2. The van der Waals surface area contributed by atoms with Crippen LogP contribution in [0, 0.1) is 5.92 Å². The van der Waals surface area contributed by atoms with Crippen molar-refractivity contribution in [1.29, 1.82) is 0 Å². The van der Waals surface area contributed by atoms with E-state index in [0.29, 0.717) is 6.54 Å². The first kappa shape index (κ1) is 9.93. The van der Waals surface area contributed by atoms with Gasteiger partial charge >= 0.3 is 0 Å². The molecule has 0 spiro atoms. The van der Waals surface area contributed by atoms with Gasteiger partial charge in [0.05, 0.1) is 6.54 Å². The lowest BCUT2D eigenvalue weighted by Gasteiger charge is -2.32. The number of carbonyl (C=O) groups is 1. The van der Waals surface area contributed by atoms with Crippen molar-refractivity contribution in [3.05, 3.63) is 0 Å². The summed E-state index contributed by atoms with van der Waals surface area (Å²) in [5, 5.41) is 6.22. The Balaban J connectivity index is 1.75. The first-order chi connectivity index (χ1) is 6.84. The highest BCUT2D eigenvalue weighted by Crippen LogP contribution is 2.13. The van der Waals surface area contributed by atoms with Crippen LogP contribution in [0.25, 0.3) is 0 Å². The molecule has 0 aromatic rings. The summed E-state index contributed by atoms with van der Waals surface area (Å²) in [6.07, 6.45) is 2.52. The minimum absolute atomic E-state index is 0.185. The number of carbonyl (C=O) groups excluding carboxylic acids is 1. The molecule has 0 aliphatic carbocycles. The van der Waals surface area contributed by atoms with Gasteiger partial charge in [-0.05, 0) is 31.8 Å². The Labute approximate surface area is 85.0 Å². The molecule has 1 amide bonds. The van der Waals surface area contributed by atoms with Crippen LogP contribution in [0.3, 0.4) is 0 Å². The first-order valence-electron chi connectivity index (χ1n) is 5.54. The lowest BCUT2D eigenvalue weighted by molar-refractivity contribution is -0.124. The quantitative estimate of drug-likeness (QED) is 0.622. The first-order valence-corrected chi connectivity index (χ1v) is 5.54. The summed E-state index contributed by atoms with van der Waals surface area (Å²) in [6, 6.07) is 0. The van der Waals surface area contributed by atoms with Crippen LogP contribution in [0.2, 0.25) is 0 Å². The molecule has 2 rings (SSSR count). The van der Waals surface area contributed by atoms with E-state index in [1.165, 1.54) is 12.8 Å². The maximum Gasteiger partial charge on any atom is 0.234 e. The normalized spacial score (nSPS) is 26.1. The second-order valence-electron chi connectivity index (χ2n) is 4.28. The van der Waals surface area contributed by atoms with Gasteiger partial charge < -0.3 is 10.6 Å². The van der Waals surface area contributed by atoms with Crippen LogP contribution in [-0.4, -0.2) is 50.1 Å². The lowest BCUT2D eigenvalue weighted by Crippen LogP contribution is -2.49. The van der Waals surface area contributed by atoms with Gasteiger partial charge in [-0.3, -0.25) is 9.69 Å². The molecule has 4 nitrogen and oxygen atoms in total. The molecule has 80 valence electrons. The van der Waals surface area contributed by atoms with Gasteiger partial charge in [0.25, 0.3) is 0 Å². The largest absolute Gasteiger partial charge is 0.354 e. The third-order valence-corrected chi connectivity index (χ3v) is 3.09. The number of hydrogen-bond donors (Lipinski definition) is 2. The molecule has 2 N–H and O–H groups in total. The number of hydrogen-bond acceptors (Lipinski definition) is 3. The second-order valence-corrected chi connectivity index (χ2v) is 4.28. The van der Waals surface area contributed by atoms with E-state index in [9.17, 15) is 4.79 Å². The third kappa shape index (κ3) is 2.69. The van der Waals surface area contributed by atoms with Crippen molar-refractivity contribution in [2.24, 2.45) is 5.92 Å². The van der Waals surface area contributed by atoms with Crippen LogP contribution in [0.5, 0.6) is 0 Å². The highest BCUT2D eigenvalue weighted by Gasteiger charge is 2.20. The summed E-state index contributed by atoms with van der Waals surface area (Å²) in [4.78, 5) is 13.4. The molecule has 4 heteroatoms. The van der Waals surface area contributed by atoms with Crippen molar-refractivity contribution < 1.29 is 4.79 Å². The van der Waals surface area contributed by atoms with Crippen LogP contribution < -0.4 is 10.6 Å². The Kier molecular flexibility index (Phi) is 3.37. The summed E-state index contributed by atoms with van der Waals surface area (Å²) in [7, 11) is 0. The molecule has 0 aromatic carbocycles.